The van der Waals surface area contributed by atoms with E-state index in [0.29, 0.717) is 22.4 Å². The van der Waals surface area contributed by atoms with Gasteiger partial charge < -0.3 is 5.32 Å². The molecule has 3 aromatic rings. The Morgan fingerprint density at radius 3 is 2.85 bits per heavy atom. The molecule has 3 aromatic heterocycles. The minimum atomic E-state index is 0.419. The summed E-state index contributed by atoms with van der Waals surface area (Å²) in [6.45, 7) is 0. The molecular formula is C12H10ClN7. The molecule has 7 nitrogen and oxygen atoms in total. The second kappa shape index (κ2) is 5.22. The van der Waals surface area contributed by atoms with Crippen molar-refractivity contribution in [1.82, 2.24) is 29.9 Å². The summed E-state index contributed by atoms with van der Waals surface area (Å²) >= 11 is 6.10. The van der Waals surface area contributed by atoms with Crippen LogP contribution >= 0.6 is 11.6 Å². The van der Waals surface area contributed by atoms with Gasteiger partial charge in [-0.05, 0) is 12.1 Å². The largest absolute Gasteiger partial charge is 0.323 e. The van der Waals surface area contributed by atoms with Gasteiger partial charge in [0, 0.05) is 13.2 Å². The SMILES string of the molecule is Cn1ncc(-c2nc(Nc3cccnc3)ncc2Cl)n1. The molecular weight excluding hydrogens is 278 g/mol. The second-order valence-corrected chi connectivity index (χ2v) is 4.38. The third-order valence-corrected chi connectivity index (χ3v) is 2.78. The fourth-order valence-corrected chi connectivity index (χ4v) is 1.81. The fourth-order valence-electron chi connectivity index (χ4n) is 1.63. The summed E-state index contributed by atoms with van der Waals surface area (Å²) in [6, 6.07) is 3.69. The van der Waals surface area contributed by atoms with Crippen LogP contribution in [0.4, 0.5) is 11.6 Å². The third kappa shape index (κ3) is 2.57. The van der Waals surface area contributed by atoms with Crippen LogP contribution in [0.25, 0.3) is 11.4 Å². The van der Waals surface area contributed by atoms with Crippen LogP contribution in [0.15, 0.2) is 36.9 Å². The van der Waals surface area contributed by atoms with E-state index in [1.165, 1.54) is 11.0 Å². The van der Waals surface area contributed by atoms with Crippen molar-refractivity contribution in [2.75, 3.05) is 5.32 Å². The van der Waals surface area contributed by atoms with Crippen molar-refractivity contribution in [1.29, 1.82) is 0 Å². The Kier molecular flexibility index (Phi) is 3.26. The predicted molar refractivity (Wildman–Crippen MR) is 74.6 cm³/mol. The first kappa shape index (κ1) is 12.5. The smallest absolute Gasteiger partial charge is 0.227 e. The van der Waals surface area contributed by atoms with E-state index in [-0.39, 0.29) is 0 Å². The van der Waals surface area contributed by atoms with Crippen molar-refractivity contribution in [2.45, 2.75) is 0 Å². The van der Waals surface area contributed by atoms with E-state index in [1.54, 1.807) is 25.6 Å². The number of halogens is 1. The summed E-state index contributed by atoms with van der Waals surface area (Å²) in [5.41, 5.74) is 1.91. The summed E-state index contributed by atoms with van der Waals surface area (Å²) in [5, 5.41) is 11.7. The number of aryl methyl sites for hydroxylation is 1. The van der Waals surface area contributed by atoms with Crippen LogP contribution in [0.2, 0.25) is 5.02 Å². The van der Waals surface area contributed by atoms with Crippen LogP contribution in [-0.2, 0) is 7.05 Å². The van der Waals surface area contributed by atoms with Gasteiger partial charge in [-0.3, -0.25) is 4.98 Å². The maximum atomic E-state index is 6.10. The molecule has 20 heavy (non-hydrogen) atoms. The highest BCUT2D eigenvalue weighted by molar-refractivity contribution is 6.32. The molecule has 0 aliphatic carbocycles. The second-order valence-electron chi connectivity index (χ2n) is 3.98. The summed E-state index contributed by atoms with van der Waals surface area (Å²) < 4.78 is 0. The summed E-state index contributed by atoms with van der Waals surface area (Å²) in [6.07, 6.45) is 6.50. The van der Waals surface area contributed by atoms with Gasteiger partial charge in [0.1, 0.15) is 11.4 Å². The summed E-state index contributed by atoms with van der Waals surface area (Å²) in [4.78, 5) is 13.9. The maximum Gasteiger partial charge on any atom is 0.227 e. The quantitative estimate of drug-likeness (QED) is 0.794. The number of rotatable bonds is 3. The first-order valence-electron chi connectivity index (χ1n) is 5.78. The van der Waals surface area contributed by atoms with Gasteiger partial charge in [-0.25, -0.2) is 9.97 Å². The maximum absolute atomic E-state index is 6.10. The Labute approximate surface area is 119 Å². The lowest BCUT2D eigenvalue weighted by Crippen LogP contribution is -1.99. The molecule has 0 saturated heterocycles. The number of pyridine rings is 1. The Bertz CT molecular complexity index is 726. The molecule has 0 saturated carbocycles. The number of aromatic nitrogens is 6. The molecule has 0 spiro atoms. The molecule has 0 bridgehead atoms. The predicted octanol–water partition coefficient (Wildman–Crippen LogP) is 2.06. The van der Waals surface area contributed by atoms with Crippen molar-refractivity contribution in [3.8, 4) is 11.4 Å². The number of hydrogen-bond acceptors (Lipinski definition) is 6. The van der Waals surface area contributed by atoms with E-state index in [0.717, 1.165) is 5.69 Å². The molecule has 0 amide bonds. The number of nitrogens with one attached hydrogen (secondary N) is 1. The monoisotopic (exact) mass is 287 g/mol. The zero-order chi connectivity index (χ0) is 13.9. The van der Waals surface area contributed by atoms with Crippen LogP contribution in [0, 0.1) is 0 Å². The molecule has 0 radical (unpaired) electrons. The lowest BCUT2D eigenvalue weighted by atomic mass is 10.3. The van der Waals surface area contributed by atoms with Gasteiger partial charge in [0.25, 0.3) is 0 Å². The molecule has 0 unspecified atom stereocenters. The van der Waals surface area contributed by atoms with Gasteiger partial charge in [0.05, 0.1) is 29.3 Å². The van der Waals surface area contributed by atoms with Gasteiger partial charge in [0.2, 0.25) is 5.95 Å². The average Bonchev–Trinajstić information content (AvgIpc) is 2.89. The van der Waals surface area contributed by atoms with E-state index in [4.69, 9.17) is 11.6 Å². The fraction of sp³-hybridized carbons (Fsp3) is 0.0833. The first-order valence-corrected chi connectivity index (χ1v) is 6.16. The molecule has 8 heteroatoms. The Hall–Kier alpha value is -2.54. The van der Waals surface area contributed by atoms with E-state index in [9.17, 15) is 0 Å². The van der Waals surface area contributed by atoms with Gasteiger partial charge >= 0.3 is 0 Å². The Balaban J connectivity index is 1.94. The van der Waals surface area contributed by atoms with E-state index in [2.05, 4.69) is 30.5 Å². The van der Waals surface area contributed by atoms with Crippen LogP contribution < -0.4 is 5.32 Å². The highest BCUT2D eigenvalue weighted by Crippen LogP contribution is 2.24. The Morgan fingerprint density at radius 1 is 1.25 bits per heavy atom. The zero-order valence-electron chi connectivity index (χ0n) is 10.5. The minimum Gasteiger partial charge on any atom is -0.323 e. The topological polar surface area (TPSA) is 81.4 Å². The summed E-state index contributed by atoms with van der Waals surface area (Å²) in [7, 11) is 1.73. The molecule has 0 aliphatic rings. The Morgan fingerprint density at radius 2 is 2.15 bits per heavy atom. The van der Waals surface area contributed by atoms with E-state index in [1.807, 2.05) is 12.1 Å². The lowest BCUT2D eigenvalue weighted by Gasteiger charge is -2.06. The molecule has 0 aromatic carbocycles. The molecule has 0 fully saturated rings. The van der Waals surface area contributed by atoms with Gasteiger partial charge in [-0.1, -0.05) is 11.6 Å². The van der Waals surface area contributed by atoms with E-state index < -0.39 is 0 Å². The average molecular weight is 288 g/mol. The number of nitrogens with zero attached hydrogens (tertiary/aromatic N) is 6. The lowest BCUT2D eigenvalue weighted by molar-refractivity contribution is 0.655. The molecule has 0 atom stereocenters. The van der Waals surface area contributed by atoms with Crippen LogP contribution in [0.3, 0.4) is 0 Å². The van der Waals surface area contributed by atoms with Crippen molar-refractivity contribution in [2.24, 2.45) is 7.05 Å². The van der Waals surface area contributed by atoms with Gasteiger partial charge in [0.15, 0.2) is 0 Å². The molecule has 3 heterocycles. The van der Waals surface area contributed by atoms with Crippen LogP contribution in [0.1, 0.15) is 0 Å². The molecule has 3 rings (SSSR count). The highest BCUT2D eigenvalue weighted by atomic mass is 35.5. The van der Waals surface area contributed by atoms with Crippen LogP contribution in [-0.4, -0.2) is 29.9 Å². The molecule has 0 aliphatic heterocycles. The highest BCUT2D eigenvalue weighted by Gasteiger charge is 2.11. The zero-order valence-corrected chi connectivity index (χ0v) is 11.3. The number of anilines is 2. The molecule has 100 valence electrons. The standard InChI is InChI=1S/C12H10ClN7/c1-20-16-7-10(19-20)11-9(13)6-15-12(18-11)17-8-3-2-4-14-5-8/h2-7H,1H3,(H,15,17,18). The van der Waals surface area contributed by atoms with Crippen LogP contribution in [0.5, 0.6) is 0 Å². The van der Waals surface area contributed by atoms with Crippen molar-refractivity contribution < 1.29 is 0 Å². The summed E-state index contributed by atoms with van der Waals surface area (Å²) in [5.74, 6) is 0.419. The van der Waals surface area contributed by atoms with E-state index >= 15 is 0 Å². The first-order chi connectivity index (χ1) is 9.72. The van der Waals surface area contributed by atoms with Crippen molar-refractivity contribution in [3.05, 3.63) is 41.9 Å². The van der Waals surface area contributed by atoms with Gasteiger partial charge in [-0.2, -0.15) is 15.0 Å². The normalized spacial score (nSPS) is 10.5. The molecule has 1 N–H and O–H groups in total. The minimum absolute atomic E-state index is 0.419. The third-order valence-electron chi connectivity index (χ3n) is 2.50. The van der Waals surface area contributed by atoms with Gasteiger partial charge in [-0.15, -0.1) is 0 Å². The van der Waals surface area contributed by atoms with Crippen molar-refractivity contribution in [3.63, 3.8) is 0 Å². The number of hydrogen-bond donors (Lipinski definition) is 1. The van der Waals surface area contributed by atoms with Crippen molar-refractivity contribution >= 4 is 23.2 Å².